The fourth-order valence-electron chi connectivity index (χ4n) is 3.11. The molecule has 1 N–H and O–H groups in total. The number of hydrogen-bond acceptors (Lipinski definition) is 4. The number of rotatable bonds is 5. The summed E-state index contributed by atoms with van der Waals surface area (Å²) in [5, 5.41) is 9.96. The normalized spacial score (nSPS) is 11.0. The highest BCUT2D eigenvalue weighted by atomic mass is 16.5. The molecular formula is C20H22N2O4. The number of carbonyl (C=O) groups is 1. The molecule has 0 aliphatic rings. The lowest BCUT2D eigenvalue weighted by Crippen LogP contribution is -2.30. The number of imidazole rings is 1. The molecule has 0 radical (unpaired) electrons. The predicted molar refractivity (Wildman–Crippen MR) is 99.8 cm³/mol. The van der Waals surface area contributed by atoms with Crippen LogP contribution in [0.1, 0.15) is 31.4 Å². The molecule has 3 aromatic rings. The van der Waals surface area contributed by atoms with Gasteiger partial charge in [0.2, 0.25) is 0 Å². The van der Waals surface area contributed by atoms with Crippen LogP contribution in [-0.4, -0.2) is 26.9 Å². The summed E-state index contributed by atoms with van der Waals surface area (Å²) in [4.78, 5) is 25.1. The Kier molecular flexibility index (Phi) is 5.11. The van der Waals surface area contributed by atoms with Crippen molar-refractivity contribution in [1.82, 2.24) is 9.13 Å². The summed E-state index contributed by atoms with van der Waals surface area (Å²) in [6.45, 7) is 4.25. The van der Waals surface area contributed by atoms with Gasteiger partial charge in [-0.3, -0.25) is 4.57 Å². The van der Waals surface area contributed by atoms with Gasteiger partial charge in [0.25, 0.3) is 0 Å². The highest BCUT2D eigenvalue weighted by molar-refractivity contribution is 5.86. The number of phenols is 1. The van der Waals surface area contributed by atoms with Gasteiger partial charge in [0.1, 0.15) is 5.75 Å². The summed E-state index contributed by atoms with van der Waals surface area (Å²) in [6.07, 6.45) is 1.00. The molecule has 0 saturated carbocycles. The maximum atomic E-state index is 12.9. The molecule has 0 bridgehead atoms. The first-order valence-electron chi connectivity index (χ1n) is 8.75. The molecule has 0 saturated heterocycles. The average Bonchev–Trinajstić information content (AvgIpc) is 2.90. The van der Waals surface area contributed by atoms with E-state index >= 15 is 0 Å². The number of benzene rings is 2. The minimum absolute atomic E-state index is 0.198. The van der Waals surface area contributed by atoms with E-state index in [9.17, 15) is 14.7 Å². The van der Waals surface area contributed by atoms with Gasteiger partial charge >= 0.3 is 11.8 Å². The van der Waals surface area contributed by atoms with Crippen molar-refractivity contribution in [2.75, 3.05) is 6.61 Å². The minimum Gasteiger partial charge on any atom is -0.508 e. The van der Waals surface area contributed by atoms with Crippen LogP contribution in [0.4, 0.5) is 4.79 Å². The second-order valence-electron chi connectivity index (χ2n) is 6.10. The van der Waals surface area contributed by atoms with Crippen molar-refractivity contribution in [3.05, 3.63) is 64.1 Å². The third kappa shape index (κ3) is 3.22. The molecule has 1 heterocycles. The van der Waals surface area contributed by atoms with Gasteiger partial charge in [-0.25, -0.2) is 9.59 Å². The summed E-state index contributed by atoms with van der Waals surface area (Å²) in [7, 11) is 0. The van der Waals surface area contributed by atoms with Crippen molar-refractivity contribution in [3.63, 3.8) is 0 Å². The standard InChI is InChI=1S/C20H22N2O4/c1-3-7-15-12-14(10-11-18(15)23)13-21-16-8-5-6-9-17(16)22(19(21)24)20(25)26-4-2/h5-6,8-12,23H,3-4,7,13H2,1-2H3. The Balaban J connectivity index is 2.09. The van der Waals surface area contributed by atoms with E-state index in [4.69, 9.17) is 4.74 Å². The summed E-state index contributed by atoms with van der Waals surface area (Å²) in [5.74, 6) is 0.261. The zero-order valence-corrected chi connectivity index (χ0v) is 14.9. The van der Waals surface area contributed by atoms with Crippen molar-refractivity contribution in [2.24, 2.45) is 0 Å². The first-order chi connectivity index (χ1) is 12.6. The van der Waals surface area contributed by atoms with Gasteiger partial charge in [0.15, 0.2) is 0 Å². The Bertz CT molecular complexity index is 1000. The highest BCUT2D eigenvalue weighted by Gasteiger charge is 2.19. The monoisotopic (exact) mass is 354 g/mol. The minimum atomic E-state index is -0.676. The number of aryl methyl sites for hydroxylation is 1. The lowest BCUT2D eigenvalue weighted by molar-refractivity contribution is 0.154. The molecule has 0 amide bonds. The van der Waals surface area contributed by atoms with Gasteiger partial charge in [0.05, 0.1) is 24.2 Å². The zero-order chi connectivity index (χ0) is 18.7. The molecule has 6 heteroatoms. The lowest BCUT2D eigenvalue weighted by Gasteiger charge is -2.08. The van der Waals surface area contributed by atoms with Crippen LogP contribution >= 0.6 is 0 Å². The van der Waals surface area contributed by atoms with Crippen LogP contribution in [0.5, 0.6) is 5.75 Å². The van der Waals surface area contributed by atoms with Gasteiger partial charge in [-0.05, 0) is 42.7 Å². The maximum Gasteiger partial charge on any atom is 0.422 e. The van der Waals surface area contributed by atoms with E-state index in [2.05, 4.69) is 0 Å². The van der Waals surface area contributed by atoms with Crippen LogP contribution in [0.2, 0.25) is 0 Å². The summed E-state index contributed by atoms with van der Waals surface area (Å²) in [5.41, 5.74) is 2.49. The van der Waals surface area contributed by atoms with Crippen LogP contribution in [0.3, 0.4) is 0 Å². The Hall–Kier alpha value is -3.02. The summed E-state index contributed by atoms with van der Waals surface area (Å²) >= 11 is 0. The van der Waals surface area contributed by atoms with E-state index in [0.717, 1.165) is 28.5 Å². The van der Waals surface area contributed by atoms with Crippen molar-refractivity contribution >= 4 is 17.1 Å². The Morgan fingerprint density at radius 1 is 1.12 bits per heavy atom. The summed E-state index contributed by atoms with van der Waals surface area (Å²) in [6, 6.07) is 12.5. The molecule has 0 aliphatic carbocycles. The third-order valence-electron chi connectivity index (χ3n) is 4.29. The first kappa shape index (κ1) is 17.8. The fraction of sp³-hybridized carbons (Fsp3) is 0.300. The number of fused-ring (bicyclic) bond motifs is 1. The molecule has 6 nitrogen and oxygen atoms in total. The van der Waals surface area contributed by atoms with Crippen molar-refractivity contribution in [3.8, 4) is 5.75 Å². The molecular weight excluding hydrogens is 332 g/mol. The van der Waals surface area contributed by atoms with Gasteiger partial charge in [0, 0.05) is 0 Å². The van der Waals surface area contributed by atoms with E-state index in [1.165, 1.54) is 0 Å². The fourth-order valence-corrected chi connectivity index (χ4v) is 3.11. The molecule has 26 heavy (non-hydrogen) atoms. The Morgan fingerprint density at radius 3 is 2.54 bits per heavy atom. The second-order valence-corrected chi connectivity index (χ2v) is 6.10. The topological polar surface area (TPSA) is 73.5 Å². The van der Waals surface area contributed by atoms with Crippen molar-refractivity contribution in [1.29, 1.82) is 0 Å². The van der Waals surface area contributed by atoms with Gasteiger partial charge in [-0.2, -0.15) is 4.57 Å². The van der Waals surface area contributed by atoms with Crippen LogP contribution in [0, 0.1) is 0 Å². The first-order valence-corrected chi connectivity index (χ1v) is 8.75. The highest BCUT2D eigenvalue weighted by Crippen LogP contribution is 2.22. The van der Waals surface area contributed by atoms with E-state index in [-0.39, 0.29) is 12.4 Å². The number of phenolic OH excluding ortho intramolecular Hbond substituents is 1. The largest absolute Gasteiger partial charge is 0.508 e. The number of para-hydroxylation sites is 2. The van der Waals surface area contributed by atoms with Crippen molar-refractivity contribution in [2.45, 2.75) is 33.2 Å². The molecule has 0 unspecified atom stereocenters. The van der Waals surface area contributed by atoms with Crippen LogP contribution in [-0.2, 0) is 17.7 Å². The van der Waals surface area contributed by atoms with Crippen LogP contribution in [0.25, 0.3) is 11.0 Å². The zero-order valence-electron chi connectivity index (χ0n) is 14.9. The molecule has 1 aromatic heterocycles. The number of ether oxygens (including phenoxy) is 1. The van der Waals surface area contributed by atoms with Gasteiger partial charge < -0.3 is 9.84 Å². The Morgan fingerprint density at radius 2 is 1.85 bits per heavy atom. The van der Waals surface area contributed by atoms with E-state index in [0.29, 0.717) is 17.6 Å². The third-order valence-corrected chi connectivity index (χ3v) is 4.29. The lowest BCUT2D eigenvalue weighted by atomic mass is 10.1. The quantitative estimate of drug-likeness (QED) is 0.761. The van der Waals surface area contributed by atoms with Gasteiger partial charge in [-0.15, -0.1) is 0 Å². The maximum absolute atomic E-state index is 12.9. The molecule has 0 fully saturated rings. The molecule has 3 rings (SSSR count). The van der Waals surface area contributed by atoms with E-state index < -0.39 is 11.8 Å². The predicted octanol–water partition coefficient (Wildman–Crippen LogP) is 3.51. The van der Waals surface area contributed by atoms with Crippen LogP contribution in [0.15, 0.2) is 47.3 Å². The SMILES string of the molecule is CCCc1cc(Cn2c(=O)n(C(=O)OCC)c3ccccc32)ccc1O. The van der Waals surface area contributed by atoms with Crippen molar-refractivity contribution < 1.29 is 14.6 Å². The number of nitrogens with zero attached hydrogens (tertiary/aromatic N) is 2. The average molecular weight is 354 g/mol. The molecule has 0 aliphatic heterocycles. The van der Waals surface area contributed by atoms with E-state index in [1.54, 1.807) is 41.8 Å². The van der Waals surface area contributed by atoms with Gasteiger partial charge in [-0.1, -0.05) is 37.6 Å². The molecule has 2 aromatic carbocycles. The second kappa shape index (κ2) is 7.47. The van der Waals surface area contributed by atoms with E-state index in [1.807, 2.05) is 19.1 Å². The molecule has 0 atom stereocenters. The Labute approximate surface area is 151 Å². The number of hydrogen-bond donors (Lipinski definition) is 1. The molecule has 136 valence electrons. The summed E-state index contributed by atoms with van der Waals surface area (Å²) < 4.78 is 7.64. The number of aromatic hydroxyl groups is 1. The number of carbonyl (C=O) groups excluding carboxylic acids is 1. The molecule has 0 spiro atoms. The number of aromatic nitrogens is 2. The van der Waals surface area contributed by atoms with Crippen LogP contribution < -0.4 is 5.69 Å². The smallest absolute Gasteiger partial charge is 0.422 e.